The molecule has 0 fully saturated rings. The number of methoxy groups -OCH3 is 1. The minimum Gasteiger partial charge on any atom is -0.496 e. The third-order valence-electron chi connectivity index (χ3n) is 3.31. The highest BCUT2D eigenvalue weighted by molar-refractivity contribution is 14.1. The van der Waals surface area contributed by atoms with Crippen molar-refractivity contribution in [3.8, 4) is 16.9 Å². The van der Waals surface area contributed by atoms with Crippen molar-refractivity contribution in [1.29, 1.82) is 0 Å². The normalized spacial score (nSPS) is 10.8. The van der Waals surface area contributed by atoms with E-state index in [1.54, 1.807) is 7.11 Å². The summed E-state index contributed by atoms with van der Waals surface area (Å²) in [5.41, 5.74) is 4.36. The van der Waals surface area contributed by atoms with Crippen molar-refractivity contribution in [3.05, 3.63) is 52.0 Å². The zero-order chi connectivity index (χ0) is 14.1. The highest BCUT2D eigenvalue weighted by Crippen LogP contribution is 2.35. The Hall–Kier alpha value is -1.69. The molecule has 20 heavy (non-hydrogen) atoms. The van der Waals surface area contributed by atoms with Crippen molar-refractivity contribution in [1.82, 2.24) is 9.97 Å². The molecule has 0 aliphatic carbocycles. The van der Waals surface area contributed by atoms with Crippen molar-refractivity contribution >= 4 is 33.5 Å². The smallest absolute Gasteiger partial charge is 0.191 e. The Morgan fingerprint density at radius 3 is 2.65 bits per heavy atom. The van der Waals surface area contributed by atoms with Crippen LogP contribution in [0, 0.1) is 10.8 Å². The summed E-state index contributed by atoms with van der Waals surface area (Å²) in [6.07, 6.45) is 1.85. The lowest BCUT2D eigenvalue weighted by atomic mass is 9.98. The molecule has 0 saturated heterocycles. The molecule has 0 N–H and O–H groups in total. The lowest BCUT2D eigenvalue weighted by Gasteiger charge is -2.12. The van der Waals surface area contributed by atoms with Crippen LogP contribution in [0.5, 0.6) is 5.75 Å². The summed E-state index contributed by atoms with van der Waals surface area (Å²) in [4.78, 5) is 8.69. The molecule has 1 heterocycles. The number of hydrogen-bond donors (Lipinski definition) is 0. The van der Waals surface area contributed by atoms with Gasteiger partial charge in [-0.05, 0) is 24.1 Å². The SMILES string of the molecule is COc1cc2nc(I)ncc2cc1-c1ccccc1C. The Balaban J connectivity index is 2.30. The third kappa shape index (κ3) is 2.35. The number of fused-ring (bicyclic) bond motifs is 1. The van der Waals surface area contributed by atoms with E-state index in [1.165, 1.54) is 11.1 Å². The molecular weight excluding hydrogens is 363 g/mol. The van der Waals surface area contributed by atoms with Gasteiger partial charge in [-0.3, -0.25) is 0 Å². The molecule has 0 bridgehead atoms. The molecule has 0 spiro atoms. The first-order chi connectivity index (χ1) is 9.69. The molecule has 4 heteroatoms. The molecule has 0 aliphatic rings. The fourth-order valence-corrected chi connectivity index (χ4v) is 2.69. The molecule has 1 aromatic heterocycles. The first kappa shape index (κ1) is 13.3. The third-order valence-corrected chi connectivity index (χ3v) is 3.83. The molecule has 3 rings (SSSR count). The van der Waals surface area contributed by atoms with Crippen molar-refractivity contribution in [3.63, 3.8) is 0 Å². The van der Waals surface area contributed by atoms with Gasteiger partial charge in [0, 0.05) is 45.8 Å². The zero-order valence-electron chi connectivity index (χ0n) is 11.2. The number of aryl methyl sites for hydroxylation is 1. The molecule has 0 aliphatic heterocycles. The largest absolute Gasteiger partial charge is 0.496 e. The van der Waals surface area contributed by atoms with Gasteiger partial charge in [0.05, 0.1) is 12.6 Å². The number of ether oxygens (including phenoxy) is 1. The molecule has 3 aromatic rings. The molecular formula is C16H13IN2O. The maximum atomic E-state index is 5.54. The van der Waals surface area contributed by atoms with E-state index in [-0.39, 0.29) is 0 Å². The van der Waals surface area contributed by atoms with Crippen LogP contribution in [-0.2, 0) is 0 Å². The van der Waals surface area contributed by atoms with E-state index < -0.39 is 0 Å². The summed E-state index contributed by atoms with van der Waals surface area (Å²) in [7, 11) is 1.69. The van der Waals surface area contributed by atoms with Crippen LogP contribution in [0.3, 0.4) is 0 Å². The molecule has 0 amide bonds. The van der Waals surface area contributed by atoms with E-state index in [9.17, 15) is 0 Å². The van der Waals surface area contributed by atoms with E-state index in [0.29, 0.717) is 0 Å². The van der Waals surface area contributed by atoms with Gasteiger partial charge >= 0.3 is 0 Å². The van der Waals surface area contributed by atoms with Crippen molar-refractivity contribution in [2.75, 3.05) is 7.11 Å². The highest BCUT2D eigenvalue weighted by atomic mass is 127. The first-order valence-electron chi connectivity index (χ1n) is 6.25. The average molecular weight is 376 g/mol. The number of aromatic nitrogens is 2. The minimum atomic E-state index is 0.737. The van der Waals surface area contributed by atoms with E-state index in [0.717, 1.165) is 26.0 Å². The Morgan fingerprint density at radius 2 is 1.90 bits per heavy atom. The van der Waals surface area contributed by atoms with E-state index in [1.807, 2.05) is 24.4 Å². The van der Waals surface area contributed by atoms with Gasteiger partial charge in [-0.1, -0.05) is 24.3 Å². The number of nitrogens with zero attached hydrogens (tertiary/aromatic N) is 2. The van der Waals surface area contributed by atoms with Crippen molar-refractivity contribution in [2.24, 2.45) is 0 Å². The summed E-state index contributed by atoms with van der Waals surface area (Å²) in [6, 6.07) is 12.3. The van der Waals surface area contributed by atoms with Crippen LogP contribution in [0.2, 0.25) is 0 Å². The maximum Gasteiger partial charge on any atom is 0.191 e. The molecule has 0 unspecified atom stereocenters. The lowest BCUT2D eigenvalue weighted by Crippen LogP contribution is -1.93. The van der Waals surface area contributed by atoms with Crippen molar-refractivity contribution in [2.45, 2.75) is 6.92 Å². The van der Waals surface area contributed by atoms with Crippen LogP contribution >= 0.6 is 22.6 Å². The minimum absolute atomic E-state index is 0.737. The van der Waals surface area contributed by atoms with Crippen LogP contribution in [0.15, 0.2) is 42.6 Å². The van der Waals surface area contributed by atoms with Gasteiger partial charge in [0.15, 0.2) is 3.83 Å². The van der Waals surface area contributed by atoms with E-state index >= 15 is 0 Å². The van der Waals surface area contributed by atoms with Gasteiger partial charge in [0.25, 0.3) is 0 Å². The van der Waals surface area contributed by atoms with Gasteiger partial charge in [-0.2, -0.15) is 0 Å². The van der Waals surface area contributed by atoms with E-state index in [4.69, 9.17) is 4.74 Å². The summed E-state index contributed by atoms with van der Waals surface area (Å²) in [6.45, 7) is 2.10. The fourth-order valence-electron chi connectivity index (χ4n) is 2.29. The average Bonchev–Trinajstić information content (AvgIpc) is 2.46. The topological polar surface area (TPSA) is 35.0 Å². The first-order valence-corrected chi connectivity index (χ1v) is 7.33. The number of rotatable bonds is 2. The summed E-state index contributed by atoms with van der Waals surface area (Å²) >= 11 is 2.11. The van der Waals surface area contributed by atoms with Crippen LogP contribution in [-0.4, -0.2) is 17.1 Å². The summed E-state index contributed by atoms with van der Waals surface area (Å²) in [5, 5.41) is 1.02. The van der Waals surface area contributed by atoms with E-state index in [2.05, 4.69) is 57.7 Å². The number of hydrogen-bond acceptors (Lipinski definition) is 3. The second-order valence-electron chi connectivity index (χ2n) is 4.57. The molecule has 2 aromatic carbocycles. The standard InChI is InChI=1S/C16H13IN2O/c1-10-5-3-4-6-12(10)13-7-11-9-18-16(17)19-14(11)8-15(13)20-2/h3-9H,1-2H3. The molecule has 0 saturated carbocycles. The lowest BCUT2D eigenvalue weighted by molar-refractivity contribution is 0.417. The van der Waals surface area contributed by atoms with Crippen LogP contribution in [0.4, 0.5) is 0 Å². The predicted molar refractivity (Wildman–Crippen MR) is 89.0 cm³/mol. The highest BCUT2D eigenvalue weighted by Gasteiger charge is 2.11. The quantitative estimate of drug-likeness (QED) is 0.496. The van der Waals surface area contributed by atoms with Crippen molar-refractivity contribution < 1.29 is 4.74 Å². The Morgan fingerprint density at radius 1 is 1.10 bits per heavy atom. The van der Waals surface area contributed by atoms with Crippen LogP contribution in [0.25, 0.3) is 22.0 Å². The number of benzene rings is 2. The molecule has 3 nitrogen and oxygen atoms in total. The van der Waals surface area contributed by atoms with Gasteiger partial charge < -0.3 is 4.74 Å². The van der Waals surface area contributed by atoms with Crippen LogP contribution < -0.4 is 4.74 Å². The molecule has 0 radical (unpaired) electrons. The van der Waals surface area contributed by atoms with Gasteiger partial charge in [-0.25, -0.2) is 9.97 Å². The fraction of sp³-hybridized carbons (Fsp3) is 0.125. The second kappa shape index (κ2) is 5.36. The number of halogens is 1. The van der Waals surface area contributed by atoms with Crippen LogP contribution in [0.1, 0.15) is 5.56 Å². The zero-order valence-corrected chi connectivity index (χ0v) is 13.4. The molecule has 0 atom stereocenters. The van der Waals surface area contributed by atoms with Gasteiger partial charge in [0.2, 0.25) is 0 Å². The second-order valence-corrected chi connectivity index (χ2v) is 5.53. The summed E-state index contributed by atoms with van der Waals surface area (Å²) in [5.74, 6) is 0.835. The van der Waals surface area contributed by atoms with Gasteiger partial charge in [-0.15, -0.1) is 0 Å². The summed E-state index contributed by atoms with van der Waals surface area (Å²) < 4.78 is 6.28. The maximum absolute atomic E-state index is 5.54. The molecule has 100 valence electrons. The Labute approximate surface area is 131 Å². The Kier molecular flexibility index (Phi) is 3.56. The Bertz CT molecular complexity index is 787. The monoisotopic (exact) mass is 376 g/mol. The van der Waals surface area contributed by atoms with Gasteiger partial charge in [0.1, 0.15) is 5.75 Å². The predicted octanol–water partition coefficient (Wildman–Crippen LogP) is 4.22.